The molecule has 3 heteroatoms. The van der Waals surface area contributed by atoms with Crippen LogP contribution in [0.1, 0.15) is 56.9 Å². The molecule has 0 amide bonds. The smallest absolute Gasteiger partial charge is 0.191 e. The second-order valence-corrected chi connectivity index (χ2v) is 8.53. The van der Waals surface area contributed by atoms with Gasteiger partial charge in [-0.3, -0.25) is 0 Å². The summed E-state index contributed by atoms with van der Waals surface area (Å²) in [6, 6.07) is 7.19. The Morgan fingerprint density at radius 2 is 1.85 bits per heavy atom. The zero-order chi connectivity index (χ0) is 19.0. The fourth-order valence-corrected chi connectivity index (χ4v) is 5.28. The maximum atomic E-state index is 14.7. The van der Waals surface area contributed by atoms with Gasteiger partial charge in [0.2, 0.25) is 0 Å². The van der Waals surface area contributed by atoms with Crippen molar-refractivity contribution in [2.24, 2.45) is 17.8 Å². The van der Waals surface area contributed by atoms with Crippen molar-refractivity contribution in [1.29, 1.82) is 0 Å². The maximum absolute atomic E-state index is 14.7. The van der Waals surface area contributed by atoms with Crippen LogP contribution in [0.4, 0.5) is 8.78 Å². The van der Waals surface area contributed by atoms with E-state index in [1.54, 1.807) is 6.07 Å². The fourth-order valence-electron chi connectivity index (χ4n) is 5.28. The topological polar surface area (TPSA) is 9.23 Å². The van der Waals surface area contributed by atoms with Crippen molar-refractivity contribution < 1.29 is 13.5 Å². The molecule has 0 N–H and O–H groups in total. The molecule has 4 atom stereocenters. The summed E-state index contributed by atoms with van der Waals surface area (Å²) in [6.07, 6.45) is 9.22. The van der Waals surface area contributed by atoms with Gasteiger partial charge in [0, 0.05) is 5.39 Å². The van der Waals surface area contributed by atoms with Gasteiger partial charge in [-0.25, -0.2) is 8.78 Å². The van der Waals surface area contributed by atoms with Gasteiger partial charge in [0.25, 0.3) is 0 Å². The third-order valence-electron chi connectivity index (χ3n) is 6.70. The molecule has 2 aromatic rings. The molecule has 27 heavy (non-hydrogen) atoms. The van der Waals surface area contributed by atoms with Gasteiger partial charge in [-0.1, -0.05) is 44.2 Å². The summed E-state index contributed by atoms with van der Waals surface area (Å²) in [5.41, 5.74) is 1.22. The first-order chi connectivity index (χ1) is 13.1. The Hall–Kier alpha value is -1.90. The van der Waals surface area contributed by atoms with Crippen LogP contribution in [0, 0.1) is 29.4 Å². The van der Waals surface area contributed by atoms with E-state index in [1.165, 1.54) is 56.2 Å². The van der Waals surface area contributed by atoms with Crippen LogP contribution in [0.25, 0.3) is 10.8 Å². The Balaban J connectivity index is 1.59. The lowest BCUT2D eigenvalue weighted by atomic mass is 9.64. The lowest BCUT2D eigenvalue weighted by molar-refractivity contribution is 0.124. The minimum absolute atomic E-state index is 0.0840. The molecule has 2 aromatic carbocycles. The fraction of sp³-hybridized carbons (Fsp3) is 0.500. The molecule has 144 valence electrons. The first-order valence-electron chi connectivity index (χ1n) is 10.2. The van der Waals surface area contributed by atoms with E-state index in [-0.39, 0.29) is 12.4 Å². The van der Waals surface area contributed by atoms with Crippen molar-refractivity contribution in [1.82, 2.24) is 0 Å². The van der Waals surface area contributed by atoms with Gasteiger partial charge in [-0.05, 0) is 72.8 Å². The lowest BCUT2D eigenvalue weighted by Gasteiger charge is -2.41. The summed E-state index contributed by atoms with van der Waals surface area (Å²) in [7, 11) is 0. The molecule has 0 heterocycles. The van der Waals surface area contributed by atoms with Crippen LogP contribution in [0.2, 0.25) is 0 Å². The number of fused-ring (bicyclic) bond motifs is 2. The van der Waals surface area contributed by atoms with Crippen molar-refractivity contribution in [3.63, 3.8) is 0 Å². The molecular formula is C24H28F2O. The Kier molecular flexibility index (Phi) is 5.21. The van der Waals surface area contributed by atoms with Gasteiger partial charge in [0.05, 0.1) is 0 Å². The van der Waals surface area contributed by atoms with Crippen molar-refractivity contribution >= 4 is 10.8 Å². The zero-order valence-electron chi connectivity index (χ0n) is 16.0. The SMILES string of the molecule is C=CCOc1c(F)cc2cc([C@@H]3CC[C@@H]4CC(C)CCC4C3)ccc2c1F. The summed E-state index contributed by atoms with van der Waals surface area (Å²) < 4.78 is 34.2. The minimum Gasteiger partial charge on any atom is -0.483 e. The molecule has 2 aliphatic carbocycles. The van der Waals surface area contributed by atoms with Gasteiger partial charge in [0.1, 0.15) is 6.61 Å². The number of halogens is 2. The highest BCUT2D eigenvalue weighted by molar-refractivity contribution is 5.85. The maximum Gasteiger partial charge on any atom is 0.191 e. The van der Waals surface area contributed by atoms with Crippen molar-refractivity contribution in [2.45, 2.75) is 51.4 Å². The van der Waals surface area contributed by atoms with Gasteiger partial charge < -0.3 is 4.74 Å². The lowest BCUT2D eigenvalue weighted by Crippen LogP contribution is -2.29. The third kappa shape index (κ3) is 3.61. The van der Waals surface area contributed by atoms with E-state index in [0.717, 1.165) is 17.8 Å². The van der Waals surface area contributed by atoms with Gasteiger partial charge in [0.15, 0.2) is 17.4 Å². The summed E-state index contributed by atoms with van der Waals surface area (Å²) in [5.74, 6) is 1.49. The molecule has 2 aliphatic rings. The predicted octanol–water partition coefficient (Wildman–Crippen LogP) is 7.00. The minimum atomic E-state index is -0.649. The van der Waals surface area contributed by atoms with E-state index >= 15 is 0 Å². The summed E-state index contributed by atoms with van der Waals surface area (Å²) >= 11 is 0. The van der Waals surface area contributed by atoms with Crippen molar-refractivity contribution in [3.8, 4) is 5.75 Å². The van der Waals surface area contributed by atoms with Crippen LogP contribution in [0.15, 0.2) is 36.9 Å². The highest BCUT2D eigenvalue weighted by Crippen LogP contribution is 2.47. The van der Waals surface area contributed by atoms with Crippen molar-refractivity contribution in [2.75, 3.05) is 6.61 Å². The monoisotopic (exact) mass is 370 g/mol. The average molecular weight is 370 g/mol. The van der Waals surface area contributed by atoms with E-state index in [2.05, 4.69) is 13.5 Å². The molecule has 0 aromatic heterocycles. The second-order valence-electron chi connectivity index (χ2n) is 8.53. The van der Waals surface area contributed by atoms with E-state index < -0.39 is 11.6 Å². The van der Waals surface area contributed by atoms with E-state index in [4.69, 9.17) is 4.74 Å². The number of ether oxygens (including phenoxy) is 1. The highest BCUT2D eigenvalue weighted by atomic mass is 19.1. The van der Waals surface area contributed by atoms with Crippen molar-refractivity contribution in [3.05, 3.63) is 54.1 Å². The van der Waals surface area contributed by atoms with E-state index in [9.17, 15) is 8.78 Å². The second kappa shape index (κ2) is 7.61. The summed E-state index contributed by atoms with van der Waals surface area (Å²) in [5, 5.41) is 1.03. The molecular weight excluding hydrogens is 342 g/mol. The Bertz CT molecular complexity index is 844. The molecule has 4 rings (SSSR count). The molecule has 0 saturated heterocycles. The standard InChI is InChI=1S/C24H28F2O/c1-3-10-27-24-22(25)14-20-13-19(8-9-21(20)23(24)26)18-7-6-16-11-15(2)4-5-17(16)12-18/h3,8-9,13-18H,1,4-7,10-12H2,2H3/t15?,16-,17?,18-/m1/s1. The van der Waals surface area contributed by atoms with Gasteiger partial charge >= 0.3 is 0 Å². The normalized spacial score (nSPS) is 28.0. The van der Waals surface area contributed by atoms with Crippen LogP contribution in [-0.4, -0.2) is 6.61 Å². The first kappa shape index (κ1) is 18.5. The van der Waals surface area contributed by atoms with Crippen LogP contribution in [-0.2, 0) is 0 Å². The van der Waals surface area contributed by atoms with Gasteiger partial charge in [-0.15, -0.1) is 0 Å². The molecule has 2 unspecified atom stereocenters. The Morgan fingerprint density at radius 3 is 2.67 bits per heavy atom. The molecule has 1 nitrogen and oxygen atoms in total. The summed E-state index contributed by atoms with van der Waals surface area (Å²) in [6.45, 7) is 5.98. The van der Waals surface area contributed by atoms with Crippen LogP contribution >= 0.6 is 0 Å². The molecule has 2 fully saturated rings. The average Bonchev–Trinajstić information content (AvgIpc) is 2.67. The molecule has 0 spiro atoms. The quantitative estimate of drug-likeness (QED) is 0.526. The highest BCUT2D eigenvalue weighted by Gasteiger charge is 2.34. The molecule has 0 bridgehead atoms. The first-order valence-corrected chi connectivity index (χ1v) is 10.2. The molecule has 0 radical (unpaired) electrons. The number of benzene rings is 2. The zero-order valence-corrected chi connectivity index (χ0v) is 16.0. The largest absolute Gasteiger partial charge is 0.483 e. The number of hydrogen-bond acceptors (Lipinski definition) is 1. The Morgan fingerprint density at radius 1 is 1.07 bits per heavy atom. The number of hydrogen-bond donors (Lipinski definition) is 0. The van der Waals surface area contributed by atoms with E-state index in [0.29, 0.717) is 16.7 Å². The van der Waals surface area contributed by atoms with Crippen LogP contribution in [0.5, 0.6) is 5.75 Å². The summed E-state index contributed by atoms with van der Waals surface area (Å²) in [4.78, 5) is 0. The molecule has 0 aliphatic heterocycles. The predicted molar refractivity (Wildman–Crippen MR) is 106 cm³/mol. The third-order valence-corrected chi connectivity index (χ3v) is 6.70. The van der Waals surface area contributed by atoms with Gasteiger partial charge in [-0.2, -0.15) is 0 Å². The van der Waals surface area contributed by atoms with Crippen LogP contribution in [0.3, 0.4) is 0 Å². The van der Waals surface area contributed by atoms with E-state index in [1.807, 2.05) is 12.1 Å². The van der Waals surface area contributed by atoms with Crippen LogP contribution < -0.4 is 4.74 Å². The molecule has 2 saturated carbocycles. The number of rotatable bonds is 4. The Labute approximate surface area is 160 Å².